The first-order valence-corrected chi connectivity index (χ1v) is 9.30. The summed E-state index contributed by atoms with van der Waals surface area (Å²) < 4.78 is 2.18. The maximum atomic E-state index is 12.8. The molecule has 0 bridgehead atoms. The summed E-state index contributed by atoms with van der Waals surface area (Å²) in [5.74, 6) is 0.0379. The number of carbonyl (C=O) groups excluding carboxylic acids is 1. The van der Waals surface area contributed by atoms with Gasteiger partial charge in [0.25, 0.3) is 5.91 Å². The molecule has 2 aromatic rings. The highest BCUT2D eigenvalue weighted by molar-refractivity contribution is 5.96. The van der Waals surface area contributed by atoms with Crippen molar-refractivity contribution in [3.63, 3.8) is 0 Å². The molecule has 1 aromatic heterocycles. The van der Waals surface area contributed by atoms with Gasteiger partial charge in [-0.25, -0.2) is 0 Å². The third-order valence-corrected chi connectivity index (χ3v) is 5.44. The standard InChI is InChI=1S/C21H29N3O/c1-5-23-12-8-10-18(23)14-22-21(25)19-13-16(3)24(17(19)4)20-11-7-6-9-15(20)2/h6-7,9,11,13,18H,5,8,10,12,14H2,1-4H3,(H,22,25). The number of benzene rings is 1. The fourth-order valence-corrected chi connectivity index (χ4v) is 4.03. The van der Waals surface area contributed by atoms with Gasteiger partial charge in [0.15, 0.2) is 0 Å². The molecule has 1 N–H and O–H groups in total. The first kappa shape index (κ1) is 17.7. The van der Waals surface area contributed by atoms with Crippen LogP contribution < -0.4 is 5.32 Å². The van der Waals surface area contributed by atoms with Gasteiger partial charge in [-0.1, -0.05) is 25.1 Å². The van der Waals surface area contributed by atoms with Crippen molar-refractivity contribution in [2.45, 2.75) is 46.6 Å². The highest BCUT2D eigenvalue weighted by Crippen LogP contribution is 2.23. The fourth-order valence-electron chi connectivity index (χ4n) is 4.03. The number of nitrogens with zero attached hydrogens (tertiary/aromatic N) is 2. The van der Waals surface area contributed by atoms with E-state index >= 15 is 0 Å². The van der Waals surface area contributed by atoms with E-state index in [4.69, 9.17) is 0 Å². The van der Waals surface area contributed by atoms with Crippen LogP contribution in [0, 0.1) is 20.8 Å². The predicted molar refractivity (Wildman–Crippen MR) is 103 cm³/mol. The molecule has 1 aliphatic heterocycles. The summed E-state index contributed by atoms with van der Waals surface area (Å²) in [7, 11) is 0. The Hall–Kier alpha value is -2.07. The lowest BCUT2D eigenvalue weighted by Crippen LogP contribution is -2.40. The Morgan fingerprint density at radius 1 is 1.24 bits per heavy atom. The number of likely N-dealkylation sites (tertiary alicyclic amines) is 1. The molecule has 1 aliphatic rings. The minimum atomic E-state index is 0.0379. The van der Waals surface area contributed by atoms with Crippen LogP contribution in [0.25, 0.3) is 5.69 Å². The van der Waals surface area contributed by atoms with Crippen molar-refractivity contribution < 1.29 is 4.79 Å². The average molecular weight is 339 g/mol. The van der Waals surface area contributed by atoms with Crippen molar-refractivity contribution in [2.75, 3.05) is 19.6 Å². The van der Waals surface area contributed by atoms with E-state index in [2.05, 4.69) is 47.7 Å². The van der Waals surface area contributed by atoms with Crippen molar-refractivity contribution in [2.24, 2.45) is 0 Å². The summed E-state index contributed by atoms with van der Waals surface area (Å²) in [6, 6.07) is 10.8. The van der Waals surface area contributed by atoms with E-state index in [9.17, 15) is 4.79 Å². The van der Waals surface area contributed by atoms with Gasteiger partial charge in [0, 0.05) is 29.7 Å². The van der Waals surface area contributed by atoms with Crippen LogP contribution in [-0.2, 0) is 0 Å². The molecular weight excluding hydrogens is 310 g/mol. The topological polar surface area (TPSA) is 37.3 Å². The molecule has 1 amide bonds. The van der Waals surface area contributed by atoms with Gasteiger partial charge in [-0.2, -0.15) is 0 Å². The Morgan fingerprint density at radius 3 is 2.72 bits per heavy atom. The molecule has 1 aromatic carbocycles. The van der Waals surface area contributed by atoms with Crippen molar-refractivity contribution in [3.8, 4) is 5.69 Å². The van der Waals surface area contributed by atoms with E-state index < -0.39 is 0 Å². The van der Waals surface area contributed by atoms with E-state index in [1.165, 1.54) is 18.4 Å². The summed E-state index contributed by atoms with van der Waals surface area (Å²) in [4.78, 5) is 15.2. The second-order valence-electron chi connectivity index (χ2n) is 7.04. The second kappa shape index (κ2) is 7.44. The van der Waals surface area contributed by atoms with Gasteiger partial charge in [-0.05, 0) is 64.4 Å². The first-order valence-electron chi connectivity index (χ1n) is 9.30. The SMILES string of the molecule is CCN1CCCC1CNC(=O)c1cc(C)n(-c2ccccc2C)c1C. The van der Waals surface area contributed by atoms with Gasteiger partial charge in [-0.15, -0.1) is 0 Å². The quantitative estimate of drug-likeness (QED) is 0.903. The van der Waals surface area contributed by atoms with Crippen LogP contribution in [0.3, 0.4) is 0 Å². The van der Waals surface area contributed by atoms with Crippen molar-refractivity contribution in [3.05, 3.63) is 52.8 Å². The van der Waals surface area contributed by atoms with E-state index in [1.807, 2.05) is 25.1 Å². The summed E-state index contributed by atoms with van der Waals surface area (Å²) in [6.07, 6.45) is 2.41. The first-order chi connectivity index (χ1) is 12.0. The Bertz CT molecular complexity index is 762. The minimum Gasteiger partial charge on any atom is -0.350 e. The minimum absolute atomic E-state index is 0.0379. The van der Waals surface area contributed by atoms with Crippen LogP contribution in [-0.4, -0.2) is 41.1 Å². The number of aryl methyl sites for hydroxylation is 2. The normalized spacial score (nSPS) is 17.8. The molecule has 4 heteroatoms. The van der Waals surface area contributed by atoms with Gasteiger partial charge in [0.2, 0.25) is 0 Å². The zero-order valence-corrected chi connectivity index (χ0v) is 15.8. The van der Waals surface area contributed by atoms with Crippen LogP contribution in [0.2, 0.25) is 0 Å². The van der Waals surface area contributed by atoms with Crippen LogP contribution in [0.4, 0.5) is 0 Å². The number of amides is 1. The van der Waals surface area contributed by atoms with Gasteiger partial charge < -0.3 is 9.88 Å². The number of likely N-dealkylation sites (N-methyl/N-ethyl adjacent to an activating group) is 1. The van der Waals surface area contributed by atoms with Crippen LogP contribution in [0.1, 0.15) is 47.1 Å². The molecule has 25 heavy (non-hydrogen) atoms. The van der Waals surface area contributed by atoms with Crippen LogP contribution >= 0.6 is 0 Å². The highest BCUT2D eigenvalue weighted by Gasteiger charge is 2.24. The van der Waals surface area contributed by atoms with E-state index in [1.54, 1.807) is 0 Å². The summed E-state index contributed by atoms with van der Waals surface area (Å²) >= 11 is 0. The van der Waals surface area contributed by atoms with Crippen molar-refractivity contribution >= 4 is 5.91 Å². The van der Waals surface area contributed by atoms with Crippen molar-refractivity contribution in [1.82, 2.24) is 14.8 Å². The maximum absolute atomic E-state index is 12.8. The average Bonchev–Trinajstić information content (AvgIpc) is 3.17. The molecule has 1 saturated heterocycles. The molecule has 2 heterocycles. The lowest BCUT2D eigenvalue weighted by Gasteiger charge is -2.22. The highest BCUT2D eigenvalue weighted by atomic mass is 16.1. The third kappa shape index (κ3) is 3.49. The summed E-state index contributed by atoms with van der Waals surface area (Å²) in [5, 5.41) is 3.16. The third-order valence-electron chi connectivity index (χ3n) is 5.44. The number of hydrogen-bond donors (Lipinski definition) is 1. The van der Waals surface area contributed by atoms with Crippen LogP contribution in [0.5, 0.6) is 0 Å². The molecule has 0 radical (unpaired) electrons. The number of aromatic nitrogens is 1. The molecule has 1 atom stereocenters. The number of hydrogen-bond acceptors (Lipinski definition) is 2. The maximum Gasteiger partial charge on any atom is 0.253 e. The Morgan fingerprint density at radius 2 is 2.00 bits per heavy atom. The number of rotatable bonds is 5. The molecule has 1 unspecified atom stereocenters. The van der Waals surface area contributed by atoms with Gasteiger partial charge in [0.05, 0.1) is 5.56 Å². The molecule has 0 spiro atoms. The van der Waals surface area contributed by atoms with Crippen LogP contribution in [0.15, 0.2) is 30.3 Å². The summed E-state index contributed by atoms with van der Waals surface area (Å²) in [6.45, 7) is 11.3. The lowest BCUT2D eigenvalue weighted by atomic mass is 10.2. The Labute approximate surface area is 150 Å². The van der Waals surface area contributed by atoms with E-state index in [-0.39, 0.29) is 5.91 Å². The molecule has 4 nitrogen and oxygen atoms in total. The number of carbonyl (C=O) groups is 1. The summed E-state index contributed by atoms with van der Waals surface area (Å²) in [5.41, 5.74) is 5.23. The molecular formula is C21H29N3O. The van der Waals surface area contributed by atoms with Gasteiger partial charge in [0.1, 0.15) is 0 Å². The predicted octanol–water partition coefficient (Wildman–Crippen LogP) is 3.62. The number of para-hydroxylation sites is 1. The Balaban J connectivity index is 1.78. The molecule has 3 rings (SSSR count). The monoisotopic (exact) mass is 339 g/mol. The molecule has 0 saturated carbocycles. The number of nitrogens with one attached hydrogen (secondary N) is 1. The van der Waals surface area contributed by atoms with Crippen molar-refractivity contribution in [1.29, 1.82) is 0 Å². The second-order valence-corrected chi connectivity index (χ2v) is 7.04. The smallest absolute Gasteiger partial charge is 0.253 e. The van der Waals surface area contributed by atoms with E-state index in [0.717, 1.165) is 42.3 Å². The largest absolute Gasteiger partial charge is 0.350 e. The lowest BCUT2D eigenvalue weighted by molar-refractivity contribution is 0.0941. The zero-order valence-electron chi connectivity index (χ0n) is 15.8. The zero-order chi connectivity index (χ0) is 18.0. The molecule has 134 valence electrons. The van der Waals surface area contributed by atoms with Gasteiger partial charge in [-0.3, -0.25) is 9.69 Å². The fraction of sp³-hybridized carbons (Fsp3) is 0.476. The molecule has 0 aliphatic carbocycles. The Kier molecular flexibility index (Phi) is 5.28. The molecule has 1 fully saturated rings. The van der Waals surface area contributed by atoms with Gasteiger partial charge >= 0.3 is 0 Å². The van der Waals surface area contributed by atoms with E-state index in [0.29, 0.717) is 6.04 Å².